The van der Waals surface area contributed by atoms with Crippen LogP contribution >= 0.6 is 11.6 Å². The highest BCUT2D eigenvalue weighted by Gasteiger charge is 2.49. The van der Waals surface area contributed by atoms with Gasteiger partial charge >= 0.3 is 0 Å². The lowest BCUT2D eigenvalue weighted by atomic mass is 10.1. The molecule has 4 nitrogen and oxygen atoms in total. The quantitative estimate of drug-likeness (QED) is 0.882. The fraction of sp³-hybridized carbons (Fsp3) is 0.462. The van der Waals surface area contributed by atoms with E-state index in [2.05, 4.69) is 5.32 Å². The van der Waals surface area contributed by atoms with E-state index in [1.165, 1.54) is 7.11 Å². The Morgan fingerprint density at radius 3 is 2.72 bits per heavy atom. The third-order valence-electron chi connectivity index (χ3n) is 3.37. The van der Waals surface area contributed by atoms with E-state index in [1.54, 1.807) is 12.1 Å². The third kappa shape index (κ3) is 2.31. The number of amides is 1. The van der Waals surface area contributed by atoms with Crippen LogP contribution in [0.15, 0.2) is 12.1 Å². The zero-order valence-corrected chi connectivity index (χ0v) is 11.2. The van der Waals surface area contributed by atoms with Crippen molar-refractivity contribution in [2.24, 2.45) is 5.41 Å². The summed E-state index contributed by atoms with van der Waals surface area (Å²) in [5.41, 5.74) is 0.851. The number of rotatable bonds is 4. The zero-order chi connectivity index (χ0) is 13.3. The SMILES string of the molecule is COc1cc(Cl)c(C)cc1NC(=O)C1(CO)CC1. The van der Waals surface area contributed by atoms with Gasteiger partial charge in [-0.3, -0.25) is 4.79 Å². The number of aryl methyl sites for hydroxylation is 1. The van der Waals surface area contributed by atoms with Gasteiger partial charge in [-0.1, -0.05) is 11.6 Å². The van der Waals surface area contributed by atoms with Gasteiger partial charge in [-0.05, 0) is 31.4 Å². The average Bonchev–Trinajstić information content (AvgIpc) is 3.14. The largest absolute Gasteiger partial charge is 0.495 e. The van der Waals surface area contributed by atoms with Crippen LogP contribution in [0.3, 0.4) is 0 Å². The highest BCUT2D eigenvalue weighted by Crippen LogP contribution is 2.46. The Kier molecular flexibility index (Phi) is 3.50. The molecule has 0 bridgehead atoms. The van der Waals surface area contributed by atoms with E-state index in [0.29, 0.717) is 16.5 Å². The van der Waals surface area contributed by atoms with Crippen LogP contribution < -0.4 is 10.1 Å². The normalized spacial score (nSPS) is 16.2. The first-order valence-corrected chi connectivity index (χ1v) is 6.17. The van der Waals surface area contributed by atoms with Gasteiger partial charge in [-0.2, -0.15) is 0 Å². The molecule has 1 aromatic carbocycles. The van der Waals surface area contributed by atoms with Gasteiger partial charge in [0.05, 0.1) is 24.8 Å². The first-order valence-electron chi connectivity index (χ1n) is 5.79. The summed E-state index contributed by atoms with van der Waals surface area (Å²) in [4.78, 5) is 12.0. The number of anilines is 1. The number of hydrogen-bond acceptors (Lipinski definition) is 3. The summed E-state index contributed by atoms with van der Waals surface area (Å²) in [7, 11) is 1.52. The van der Waals surface area contributed by atoms with E-state index in [9.17, 15) is 9.90 Å². The molecule has 98 valence electrons. The first kappa shape index (κ1) is 13.2. The van der Waals surface area contributed by atoms with Gasteiger partial charge in [0.15, 0.2) is 0 Å². The van der Waals surface area contributed by atoms with Gasteiger partial charge in [-0.15, -0.1) is 0 Å². The summed E-state index contributed by atoms with van der Waals surface area (Å²) in [6.45, 7) is 1.74. The van der Waals surface area contributed by atoms with Crippen molar-refractivity contribution in [3.63, 3.8) is 0 Å². The molecule has 0 saturated heterocycles. The molecular weight excluding hydrogens is 254 g/mol. The van der Waals surface area contributed by atoms with Gasteiger partial charge in [0.2, 0.25) is 5.91 Å². The Morgan fingerprint density at radius 2 is 2.22 bits per heavy atom. The highest BCUT2D eigenvalue weighted by atomic mass is 35.5. The molecule has 1 aromatic rings. The fourth-order valence-corrected chi connectivity index (χ4v) is 1.95. The van der Waals surface area contributed by atoms with Crippen molar-refractivity contribution in [2.45, 2.75) is 19.8 Å². The van der Waals surface area contributed by atoms with Gasteiger partial charge in [-0.25, -0.2) is 0 Å². The van der Waals surface area contributed by atoms with Crippen LogP contribution in [-0.4, -0.2) is 24.7 Å². The van der Waals surface area contributed by atoms with Gasteiger partial charge < -0.3 is 15.2 Å². The smallest absolute Gasteiger partial charge is 0.233 e. The maximum Gasteiger partial charge on any atom is 0.233 e. The zero-order valence-electron chi connectivity index (χ0n) is 10.4. The molecule has 1 aliphatic carbocycles. The van der Waals surface area contributed by atoms with Crippen molar-refractivity contribution < 1.29 is 14.6 Å². The van der Waals surface area contributed by atoms with Crippen molar-refractivity contribution in [1.29, 1.82) is 0 Å². The van der Waals surface area contributed by atoms with Crippen molar-refractivity contribution in [3.05, 3.63) is 22.7 Å². The van der Waals surface area contributed by atoms with Crippen molar-refractivity contribution in [3.8, 4) is 5.75 Å². The molecule has 0 radical (unpaired) electrons. The predicted octanol–water partition coefficient (Wildman–Crippen LogP) is 2.37. The van der Waals surface area contributed by atoms with Gasteiger partial charge in [0.25, 0.3) is 0 Å². The Hall–Kier alpha value is -1.26. The Labute approximate surface area is 111 Å². The molecule has 5 heteroatoms. The Morgan fingerprint density at radius 1 is 1.56 bits per heavy atom. The van der Waals surface area contributed by atoms with Crippen LogP contribution in [0.1, 0.15) is 18.4 Å². The van der Waals surface area contributed by atoms with E-state index in [-0.39, 0.29) is 12.5 Å². The number of nitrogens with one attached hydrogen (secondary N) is 1. The minimum absolute atomic E-state index is 0.117. The molecule has 1 fully saturated rings. The third-order valence-corrected chi connectivity index (χ3v) is 3.77. The number of aliphatic hydroxyl groups excluding tert-OH is 1. The molecule has 2 N–H and O–H groups in total. The molecule has 0 atom stereocenters. The standard InChI is InChI=1S/C13H16ClNO3/c1-8-5-10(11(18-2)6-9(8)14)15-12(17)13(7-16)3-4-13/h5-6,16H,3-4,7H2,1-2H3,(H,15,17). The molecule has 0 aliphatic heterocycles. The fourth-order valence-electron chi connectivity index (χ4n) is 1.79. The monoisotopic (exact) mass is 269 g/mol. The van der Waals surface area contributed by atoms with Crippen LogP contribution in [0.2, 0.25) is 5.02 Å². The van der Waals surface area contributed by atoms with Crippen molar-refractivity contribution >= 4 is 23.2 Å². The minimum atomic E-state index is -0.599. The van der Waals surface area contributed by atoms with Crippen molar-refractivity contribution in [1.82, 2.24) is 0 Å². The van der Waals surface area contributed by atoms with E-state index < -0.39 is 5.41 Å². The van der Waals surface area contributed by atoms with Crippen LogP contribution in [0.25, 0.3) is 0 Å². The maximum absolute atomic E-state index is 12.0. The first-order chi connectivity index (χ1) is 8.52. The molecule has 1 saturated carbocycles. The second-order valence-corrected chi connectivity index (χ2v) is 5.10. The van der Waals surface area contributed by atoms with E-state index in [4.69, 9.17) is 16.3 Å². The van der Waals surface area contributed by atoms with E-state index in [1.807, 2.05) is 6.92 Å². The van der Waals surface area contributed by atoms with E-state index in [0.717, 1.165) is 18.4 Å². The number of aliphatic hydroxyl groups is 1. The molecular formula is C13H16ClNO3. The molecule has 0 heterocycles. The second kappa shape index (κ2) is 4.78. The lowest BCUT2D eigenvalue weighted by molar-refractivity contribution is -0.122. The molecule has 0 unspecified atom stereocenters. The molecule has 0 aromatic heterocycles. The number of carbonyl (C=O) groups is 1. The van der Waals surface area contributed by atoms with Gasteiger partial charge in [0.1, 0.15) is 5.75 Å². The summed E-state index contributed by atoms with van der Waals surface area (Å²) in [5.74, 6) is 0.359. The average molecular weight is 270 g/mol. The number of hydrogen-bond donors (Lipinski definition) is 2. The van der Waals surface area contributed by atoms with Crippen LogP contribution in [0, 0.1) is 12.3 Å². The second-order valence-electron chi connectivity index (χ2n) is 4.69. The summed E-state index contributed by atoms with van der Waals surface area (Å²) in [5, 5.41) is 12.6. The molecule has 2 rings (SSSR count). The molecule has 1 aliphatic rings. The lowest BCUT2D eigenvalue weighted by Gasteiger charge is -2.15. The minimum Gasteiger partial charge on any atom is -0.495 e. The van der Waals surface area contributed by atoms with Crippen LogP contribution in [-0.2, 0) is 4.79 Å². The topological polar surface area (TPSA) is 58.6 Å². The summed E-state index contributed by atoms with van der Waals surface area (Å²) >= 11 is 6.00. The maximum atomic E-state index is 12.0. The number of ether oxygens (including phenoxy) is 1. The Balaban J connectivity index is 2.23. The summed E-state index contributed by atoms with van der Waals surface area (Å²) in [6, 6.07) is 3.44. The molecule has 1 amide bonds. The summed E-state index contributed by atoms with van der Waals surface area (Å²) < 4.78 is 5.19. The number of methoxy groups -OCH3 is 1. The molecule has 0 spiro atoms. The van der Waals surface area contributed by atoms with Crippen molar-refractivity contribution in [2.75, 3.05) is 19.0 Å². The molecule has 18 heavy (non-hydrogen) atoms. The number of carbonyl (C=O) groups excluding carboxylic acids is 1. The predicted molar refractivity (Wildman–Crippen MR) is 70.1 cm³/mol. The van der Waals surface area contributed by atoms with Gasteiger partial charge in [0, 0.05) is 11.1 Å². The summed E-state index contributed by atoms with van der Waals surface area (Å²) in [6.07, 6.45) is 1.45. The highest BCUT2D eigenvalue weighted by molar-refractivity contribution is 6.31. The van der Waals surface area contributed by atoms with E-state index >= 15 is 0 Å². The number of halogens is 1. The Bertz CT molecular complexity index is 483. The van der Waals surface area contributed by atoms with Crippen LogP contribution in [0.5, 0.6) is 5.75 Å². The lowest BCUT2D eigenvalue weighted by Crippen LogP contribution is -2.27. The number of benzene rings is 1. The van der Waals surface area contributed by atoms with Crippen LogP contribution in [0.4, 0.5) is 5.69 Å².